The molecule has 1 fully saturated rings. The first kappa shape index (κ1) is 19.6. The molecule has 154 valence electrons. The summed E-state index contributed by atoms with van der Waals surface area (Å²) >= 11 is 0. The quantitative estimate of drug-likeness (QED) is 0.799. The third-order valence-corrected chi connectivity index (χ3v) is 6.34. The third-order valence-electron chi connectivity index (χ3n) is 6.34. The molecule has 0 bridgehead atoms. The van der Waals surface area contributed by atoms with Gasteiger partial charge in [0.25, 0.3) is 0 Å². The van der Waals surface area contributed by atoms with E-state index in [2.05, 4.69) is 14.8 Å². The van der Waals surface area contributed by atoms with Gasteiger partial charge in [0.05, 0.1) is 5.92 Å². The lowest BCUT2D eigenvalue weighted by molar-refractivity contribution is -0.133. The number of carbonyl (C=O) groups excluding carboxylic acids is 2. The summed E-state index contributed by atoms with van der Waals surface area (Å²) in [6.07, 6.45) is 2.56. The minimum Gasteiger partial charge on any atom is -0.342 e. The van der Waals surface area contributed by atoms with E-state index in [0.717, 1.165) is 56.1 Å². The molecule has 3 heterocycles. The normalized spacial score (nSPS) is 18.8. The van der Waals surface area contributed by atoms with E-state index in [9.17, 15) is 9.59 Å². The predicted molar refractivity (Wildman–Crippen MR) is 109 cm³/mol. The standard InChI is InChI=1S/C22H29N5O2/c1-16(18-6-4-3-5-7-18)22(29)26-11-8-19(9-12-26)21-24-23-20-10-13-25(17(2)28)14-15-27(20)21/h3-7,16,19H,8-15H2,1-2H3/t16-/m1/s1. The second-order valence-corrected chi connectivity index (χ2v) is 8.11. The van der Waals surface area contributed by atoms with Crippen LogP contribution in [0.5, 0.6) is 0 Å². The third kappa shape index (κ3) is 4.04. The summed E-state index contributed by atoms with van der Waals surface area (Å²) in [6, 6.07) is 9.98. The second-order valence-electron chi connectivity index (χ2n) is 8.11. The van der Waals surface area contributed by atoms with Gasteiger partial charge in [-0.25, -0.2) is 0 Å². The van der Waals surface area contributed by atoms with Crippen molar-refractivity contribution in [2.24, 2.45) is 0 Å². The zero-order valence-corrected chi connectivity index (χ0v) is 17.3. The van der Waals surface area contributed by atoms with E-state index >= 15 is 0 Å². The fraction of sp³-hybridized carbons (Fsp3) is 0.545. The van der Waals surface area contributed by atoms with Crippen molar-refractivity contribution in [2.75, 3.05) is 26.2 Å². The van der Waals surface area contributed by atoms with Gasteiger partial charge >= 0.3 is 0 Å². The van der Waals surface area contributed by atoms with Crippen molar-refractivity contribution < 1.29 is 9.59 Å². The highest BCUT2D eigenvalue weighted by molar-refractivity contribution is 5.83. The van der Waals surface area contributed by atoms with Crippen LogP contribution in [-0.2, 0) is 22.6 Å². The van der Waals surface area contributed by atoms with Crippen molar-refractivity contribution in [3.8, 4) is 0 Å². The molecule has 2 aliphatic rings. The van der Waals surface area contributed by atoms with Crippen LogP contribution in [0.4, 0.5) is 0 Å². The summed E-state index contributed by atoms with van der Waals surface area (Å²) in [4.78, 5) is 28.5. The first-order valence-electron chi connectivity index (χ1n) is 10.6. The topological polar surface area (TPSA) is 71.3 Å². The molecule has 2 aromatic rings. The smallest absolute Gasteiger partial charge is 0.229 e. The highest BCUT2D eigenvalue weighted by Gasteiger charge is 2.31. The Bertz CT molecular complexity index is 871. The summed E-state index contributed by atoms with van der Waals surface area (Å²) in [6.45, 7) is 7.28. The van der Waals surface area contributed by atoms with E-state index in [4.69, 9.17) is 0 Å². The lowest BCUT2D eigenvalue weighted by Crippen LogP contribution is -2.40. The van der Waals surface area contributed by atoms with Gasteiger partial charge in [-0.3, -0.25) is 9.59 Å². The number of aromatic nitrogens is 3. The van der Waals surface area contributed by atoms with Gasteiger partial charge in [-0.1, -0.05) is 30.3 Å². The average Bonchev–Trinajstić information content (AvgIpc) is 3.03. The summed E-state index contributed by atoms with van der Waals surface area (Å²) in [5.74, 6) is 2.51. The van der Waals surface area contributed by atoms with Crippen LogP contribution in [-0.4, -0.2) is 62.6 Å². The Morgan fingerprint density at radius 3 is 2.38 bits per heavy atom. The number of fused-ring (bicyclic) bond motifs is 1. The molecule has 0 unspecified atom stereocenters. The van der Waals surface area contributed by atoms with E-state index < -0.39 is 0 Å². The van der Waals surface area contributed by atoms with E-state index in [1.54, 1.807) is 6.92 Å². The second kappa shape index (κ2) is 8.35. The van der Waals surface area contributed by atoms with Crippen molar-refractivity contribution in [2.45, 2.75) is 51.5 Å². The first-order valence-corrected chi connectivity index (χ1v) is 10.6. The molecular formula is C22H29N5O2. The lowest BCUT2D eigenvalue weighted by Gasteiger charge is -2.33. The number of amides is 2. The maximum Gasteiger partial charge on any atom is 0.229 e. The van der Waals surface area contributed by atoms with Crippen LogP contribution in [0.15, 0.2) is 30.3 Å². The molecule has 4 rings (SSSR count). The monoisotopic (exact) mass is 395 g/mol. The highest BCUT2D eigenvalue weighted by atomic mass is 16.2. The number of benzene rings is 1. The van der Waals surface area contributed by atoms with Crippen LogP contribution in [0.1, 0.15) is 55.7 Å². The Morgan fingerprint density at radius 2 is 1.69 bits per heavy atom. The number of nitrogens with zero attached hydrogens (tertiary/aromatic N) is 5. The Kier molecular flexibility index (Phi) is 5.65. The van der Waals surface area contributed by atoms with E-state index in [1.165, 1.54) is 0 Å². The van der Waals surface area contributed by atoms with Gasteiger partial charge in [0.15, 0.2) is 0 Å². The minimum atomic E-state index is -0.116. The van der Waals surface area contributed by atoms with E-state index in [1.807, 2.05) is 47.1 Å². The number of piperidine rings is 1. The summed E-state index contributed by atoms with van der Waals surface area (Å²) in [5.41, 5.74) is 1.07. The maximum atomic E-state index is 12.9. The van der Waals surface area contributed by atoms with E-state index in [0.29, 0.717) is 19.0 Å². The largest absolute Gasteiger partial charge is 0.342 e. The van der Waals surface area contributed by atoms with Gasteiger partial charge in [0.1, 0.15) is 11.6 Å². The molecule has 0 saturated carbocycles. The number of rotatable bonds is 3. The molecule has 0 radical (unpaired) electrons. The van der Waals surface area contributed by atoms with Gasteiger partial charge in [0, 0.05) is 52.0 Å². The van der Waals surface area contributed by atoms with Gasteiger partial charge in [-0.15, -0.1) is 10.2 Å². The summed E-state index contributed by atoms with van der Waals surface area (Å²) in [5, 5.41) is 8.89. The molecule has 0 spiro atoms. The molecule has 2 aliphatic heterocycles. The predicted octanol–water partition coefficient (Wildman–Crippen LogP) is 2.19. The molecule has 7 heteroatoms. The highest BCUT2D eigenvalue weighted by Crippen LogP contribution is 2.30. The van der Waals surface area contributed by atoms with Crippen molar-refractivity contribution >= 4 is 11.8 Å². The molecule has 1 aromatic heterocycles. The van der Waals surface area contributed by atoms with Crippen molar-refractivity contribution in [1.82, 2.24) is 24.6 Å². The minimum absolute atomic E-state index is 0.115. The molecular weight excluding hydrogens is 366 g/mol. The zero-order chi connectivity index (χ0) is 20.4. The molecule has 29 heavy (non-hydrogen) atoms. The van der Waals surface area contributed by atoms with Gasteiger partial charge < -0.3 is 14.4 Å². The summed E-state index contributed by atoms with van der Waals surface area (Å²) < 4.78 is 2.21. The molecule has 1 aromatic carbocycles. The average molecular weight is 396 g/mol. The number of hydrogen-bond acceptors (Lipinski definition) is 4. The molecule has 1 atom stereocenters. The van der Waals surface area contributed by atoms with Gasteiger partial charge in [0.2, 0.25) is 11.8 Å². The van der Waals surface area contributed by atoms with Crippen molar-refractivity contribution in [1.29, 1.82) is 0 Å². The molecule has 2 amide bonds. The van der Waals surface area contributed by atoms with Crippen LogP contribution >= 0.6 is 0 Å². The lowest BCUT2D eigenvalue weighted by atomic mass is 9.93. The fourth-order valence-electron chi connectivity index (χ4n) is 4.48. The van der Waals surface area contributed by atoms with E-state index in [-0.39, 0.29) is 17.7 Å². The first-order chi connectivity index (χ1) is 14.0. The van der Waals surface area contributed by atoms with Crippen LogP contribution in [0, 0.1) is 0 Å². The number of hydrogen-bond donors (Lipinski definition) is 0. The SMILES string of the molecule is CC(=O)N1CCc2nnc(C3CCN(C(=O)[C@H](C)c4ccccc4)CC3)n2CC1. The Balaban J connectivity index is 1.39. The number of carbonyl (C=O) groups is 2. The molecule has 1 saturated heterocycles. The van der Waals surface area contributed by atoms with Crippen molar-refractivity contribution in [3.05, 3.63) is 47.5 Å². The van der Waals surface area contributed by atoms with Crippen molar-refractivity contribution in [3.63, 3.8) is 0 Å². The van der Waals surface area contributed by atoms with Gasteiger partial charge in [-0.05, 0) is 25.3 Å². The summed E-state index contributed by atoms with van der Waals surface area (Å²) in [7, 11) is 0. The Hall–Kier alpha value is -2.70. The number of likely N-dealkylation sites (tertiary alicyclic amines) is 1. The van der Waals surface area contributed by atoms with Crippen LogP contribution < -0.4 is 0 Å². The molecule has 0 aliphatic carbocycles. The van der Waals surface area contributed by atoms with Crippen LogP contribution in [0.3, 0.4) is 0 Å². The Morgan fingerprint density at radius 1 is 0.966 bits per heavy atom. The zero-order valence-electron chi connectivity index (χ0n) is 17.3. The fourth-order valence-corrected chi connectivity index (χ4v) is 4.48. The molecule has 7 nitrogen and oxygen atoms in total. The Labute approximate surface area is 171 Å². The van der Waals surface area contributed by atoms with Crippen LogP contribution in [0.2, 0.25) is 0 Å². The molecule has 0 N–H and O–H groups in total. The maximum absolute atomic E-state index is 12.9. The van der Waals surface area contributed by atoms with Gasteiger partial charge in [-0.2, -0.15) is 0 Å². The van der Waals surface area contributed by atoms with Crippen LogP contribution in [0.25, 0.3) is 0 Å².